The number of para-hydroxylation sites is 2. The van der Waals surface area contributed by atoms with E-state index in [9.17, 15) is 9.59 Å². The molecule has 8 heteroatoms. The van der Waals surface area contributed by atoms with Crippen molar-refractivity contribution in [3.05, 3.63) is 64.4 Å². The molecule has 0 unspecified atom stereocenters. The second-order valence-corrected chi connectivity index (χ2v) is 6.76. The minimum Gasteiger partial charge on any atom is -0.355 e. The van der Waals surface area contributed by atoms with Crippen LogP contribution in [-0.2, 0) is 11.3 Å². The van der Waals surface area contributed by atoms with Crippen molar-refractivity contribution in [1.82, 2.24) is 20.2 Å². The Balaban J connectivity index is 1.39. The van der Waals surface area contributed by atoms with Crippen molar-refractivity contribution < 1.29 is 9.59 Å². The zero-order valence-corrected chi connectivity index (χ0v) is 15.9. The van der Waals surface area contributed by atoms with Gasteiger partial charge in [-0.25, -0.2) is 4.98 Å². The number of fused-ring (bicyclic) bond motifs is 1. The van der Waals surface area contributed by atoms with Gasteiger partial charge in [0.25, 0.3) is 5.91 Å². The van der Waals surface area contributed by atoms with Crippen molar-refractivity contribution >= 4 is 46.0 Å². The number of rotatable bonds is 7. The summed E-state index contributed by atoms with van der Waals surface area (Å²) in [6, 6.07) is 12.5. The molecule has 1 heterocycles. The lowest BCUT2D eigenvalue weighted by molar-refractivity contribution is -0.120. The van der Waals surface area contributed by atoms with Gasteiger partial charge in [-0.1, -0.05) is 35.3 Å². The summed E-state index contributed by atoms with van der Waals surface area (Å²) < 4.78 is 2.05. The fourth-order valence-electron chi connectivity index (χ4n) is 2.63. The maximum absolute atomic E-state index is 12.0. The maximum Gasteiger partial charge on any atom is 0.251 e. The Bertz CT molecular complexity index is 971. The van der Waals surface area contributed by atoms with Crippen LogP contribution in [-0.4, -0.2) is 34.5 Å². The van der Waals surface area contributed by atoms with Crippen LogP contribution in [0, 0.1) is 0 Å². The highest BCUT2D eigenvalue weighted by molar-refractivity contribution is 6.42. The number of carbonyl (C=O) groups is 2. The molecule has 0 spiro atoms. The summed E-state index contributed by atoms with van der Waals surface area (Å²) in [5.74, 6) is -0.632. The van der Waals surface area contributed by atoms with Gasteiger partial charge < -0.3 is 15.2 Å². The van der Waals surface area contributed by atoms with Gasteiger partial charge in [0.1, 0.15) is 0 Å². The van der Waals surface area contributed by atoms with Gasteiger partial charge in [0, 0.05) is 18.7 Å². The molecule has 0 radical (unpaired) electrons. The highest BCUT2D eigenvalue weighted by Gasteiger charge is 2.10. The molecule has 0 aliphatic carbocycles. The third-order valence-corrected chi connectivity index (χ3v) is 4.76. The van der Waals surface area contributed by atoms with E-state index >= 15 is 0 Å². The van der Waals surface area contributed by atoms with Crippen LogP contribution in [0.2, 0.25) is 10.0 Å². The van der Waals surface area contributed by atoms with Gasteiger partial charge in [-0.15, -0.1) is 0 Å². The van der Waals surface area contributed by atoms with Crippen LogP contribution >= 0.6 is 23.2 Å². The Kier molecular flexibility index (Phi) is 6.32. The normalized spacial score (nSPS) is 10.7. The number of hydrogen-bond donors (Lipinski definition) is 2. The van der Waals surface area contributed by atoms with Gasteiger partial charge in [-0.3, -0.25) is 9.59 Å². The smallest absolute Gasteiger partial charge is 0.251 e. The molecule has 0 aliphatic rings. The quantitative estimate of drug-likeness (QED) is 0.593. The summed E-state index contributed by atoms with van der Waals surface area (Å²) in [6.07, 6.45) is 2.55. The molecule has 0 aliphatic heterocycles. The Morgan fingerprint density at radius 3 is 2.67 bits per heavy atom. The van der Waals surface area contributed by atoms with E-state index < -0.39 is 0 Å². The monoisotopic (exact) mass is 404 g/mol. The number of nitrogens with zero attached hydrogens (tertiary/aromatic N) is 2. The standard InChI is InChI=1S/C19H18Cl2N4O2/c20-14-7-6-13(10-15(14)21)19(27)23-11-18(26)22-8-3-9-25-12-24-16-4-1-2-5-17(16)25/h1-2,4-7,10,12H,3,8-9,11H2,(H,22,26)(H,23,27). The second kappa shape index (κ2) is 8.88. The number of carbonyl (C=O) groups excluding carboxylic acids is 2. The Morgan fingerprint density at radius 2 is 1.85 bits per heavy atom. The van der Waals surface area contributed by atoms with E-state index in [1.165, 1.54) is 6.07 Å². The lowest BCUT2D eigenvalue weighted by Crippen LogP contribution is -2.37. The molecule has 27 heavy (non-hydrogen) atoms. The minimum absolute atomic E-state index is 0.104. The molecule has 140 valence electrons. The summed E-state index contributed by atoms with van der Waals surface area (Å²) in [6.45, 7) is 1.15. The Labute approximate surface area is 166 Å². The molecular weight excluding hydrogens is 387 g/mol. The van der Waals surface area contributed by atoms with Crippen molar-refractivity contribution in [1.29, 1.82) is 0 Å². The highest BCUT2D eigenvalue weighted by atomic mass is 35.5. The first kappa shape index (κ1) is 19.2. The van der Waals surface area contributed by atoms with E-state index in [4.69, 9.17) is 23.2 Å². The average molecular weight is 405 g/mol. The number of benzene rings is 2. The van der Waals surface area contributed by atoms with Crippen LogP contribution in [0.15, 0.2) is 48.8 Å². The lowest BCUT2D eigenvalue weighted by Gasteiger charge is -2.08. The largest absolute Gasteiger partial charge is 0.355 e. The number of nitrogens with one attached hydrogen (secondary N) is 2. The second-order valence-electron chi connectivity index (χ2n) is 5.94. The van der Waals surface area contributed by atoms with Crippen LogP contribution in [0.4, 0.5) is 0 Å². The van der Waals surface area contributed by atoms with Gasteiger partial charge in [0.05, 0.1) is 34.0 Å². The molecule has 1 aromatic heterocycles. The van der Waals surface area contributed by atoms with Gasteiger partial charge in [0.15, 0.2) is 0 Å². The van der Waals surface area contributed by atoms with E-state index in [1.54, 1.807) is 18.5 Å². The zero-order valence-electron chi connectivity index (χ0n) is 14.4. The predicted molar refractivity (Wildman–Crippen MR) is 106 cm³/mol. The lowest BCUT2D eigenvalue weighted by atomic mass is 10.2. The number of hydrogen-bond acceptors (Lipinski definition) is 3. The molecule has 2 amide bonds. The Hall–Kier alpha value is -2.57. The van der Waals surface area contributed by atoms with E-state index in [0.29, 0.717) is 22.2 Å². The predicted octanol–water partition coefficient (Wildman–Crippen LogP) is 3.28. The van der Waals surface area contributed by atoms with Crippen molar-refractivity contribution in [2.75, 3.05) is 13.1 Å². The van der Waals surface area contributed by atoms with Crippen molar-refractivity contribution in [3.63, 3.8) is 0 Å². The first-order valence-corrected chi connectivity index (χ1v) is 9.20. The molecule has 0 saturated heterocycles. The van der Waals surface area contributed by atoms with Crippen molar-refractivity contribution in [2.24, 2.45) is 0 Å². The number of aromatic nitrogens is 2. The average Bonchev–Trinajstić information content (AvgIpc) is 3.08. The summed E-state index contributed by atoms with van der Waals surface area (Å²) >= 11 is 11.7. The maximum atomic E-state index is 12.0. The summed E-state index contributed by atoms with van der Waals surface area (Å²) in [5.41, 5.74) is 2.37. The van der Waals surface area contributed by atoms with Gasteiger partial charge in [0.2, 0.25) is 5.91 Å². The molecule has 0 saturated carbocycles. The van der Waals surface area contributed by atoms with Crippen LogP contribution in [0.25, 0.3) is 11.0 Å². The SMILES string of the molecule is O=C(CNC(=O)c1ccc(Cl)c(Cl)c1)NCCCn1cnc2ccccc21. The van der Waals surface area contributed by atoms with Crippen molar-refractivity contribution in [2.45, 2.75) is 13.0 Å². The van der Waals surface area contributed by atoms with E-state index in [1.807, 2.05) is 28.8 Å². The van der Waals surface area contributed by atoms with Crippen LogP contribution < -0.4 is 10.6 Å². The Morgan fingerprint density at radius 1 is 1.04 bits per heavy atom. The van der Waals surface area contributed by atoms with Crippen LogP contribution in [0.5, 0.6) is 0 Å². The summed E-state index contributed by atoms with van der Waals surface area (Å²) in [5, 5.41) is 6.01. The van der Waals surface area contributed by atoms with E-state index in [-0.39, 0.29) is 18.4 Å². The molecule has 0 fully saturated rings. The van der Waals surface area contributed by atoms with Gasteiger partial charge in [-0.05, 0) is 36.8 Å². The number of imidazole rings is 1. The molecule has 6 nitrogen and oxygen atoms in total. The molecule has 0 atom stereocenters. The fourth-order valence-corrected chi connectivity index (χ4v) is 2.93. The fraction of sp³-hybridized carbons (Fsp3) is 0.211. The van der Waals surface area contributed by atoms with Gasteiger partial charge >= 0.3 is 0 Å². The number of aryl methyl sites for hydroxylation is 1. The number of amides is 2. The molecular formula is C19H18Cl2N4O2. The summed E-state index contributed by atoms with van der Waals surface area (Å²) in [4.78, 5) is 28.2. The first-order valence-electron chi connectivity index (χ1n) is 8.44. The topological polar surface area (TPSA) is 76.0 Å². The highest BCUT2D eigenvalue weighted by Crippen LogP contribution is 2.22. The molecule has 3 aromatic rings. The van der Waals surface area contributed by atoms with E-state index in [0.717, 1.165) is 24.0 Å². The van der Waals surface area contributed by atoms with Crippen LogP contribution in [0.3, 0.4) is 0 Å². The van der Waals surface area contributed by atoms with Crippen molar-refractivity contribution in [3.8, 4) is 0 Å². The molecule has 3 rings (SSSR count). The minimum atomic E-state index is -0.381. The third kappa shape index (κ3) is 4.99. The first-order chi connectivity index (χ1) is 13.0. The molecule has 2 aromatic carbocycles. The zero-order chi connectivity index (χ0) is 19.2. The molecule has 0 bridgehead atoms. The van der Waals surface area contributed by atoms with Gasteiger partial charge in [-0.2, -0.15) is 0 Å². The molecule has 2 N–H and O–H groups in total. The van der Waals surface area contributed by atoms with Crippen LogP contribution in [0.1, 0.15) is 16.8 Å². The third-order valence-electron chi connectivity index (χ3n) is 4.02. The summed E-state index contributed by atoms with van der Waals surface area (Å²) in [7, 11) is 0. The van der Waals surface area contributed by atoms with E-state index in [2.05, 4.69) is 15.6 Å². The number of halogens is 2.